The number of aliphatic carboxylic acids is 1. The number of oxazole rings is 1. The minimum atomic E-state index is -0.989. The van der Waals surface area contributed by atoms with Crippen LogP contribution in [-0.2, 0) is 4.79 Å². The molecule has 0 amide bonds. The van der Waals surface area contributed by atoms with Crippen LogP contribution in [0.3, 0.4) is 0 Å². The maximum atomic E-state index is 11.2. The number of halogens is 2. The Morgan fingerprint density at radius 1 is 1.17 bits per heavy atom. The number of benzene rings is 2. The molecule has 2 aromatic carbocycles. The summed E-state index contributed by atoms with van der Waals surface area (Å²) in [6.45, 7) is 0. The van der Waals surface area contributed by atoms with Gasteiger partial charge in [-0.15, -0.1) is 0 Å². The van der Waals surface area contributed by atoms with E-state index < -0.39 is 5.97 Å². The van der Waals surface area contributed by atoms with E-state index in [1.807, 2.05) is 12.1 Å². The first-order chi connectivity index (χ1) is 11.0. The smallest absolute Gasteiger partial charge is 0.308 e. The Bertz CT molecular complexity index is 882. The van der Waals surface area contributed by atoms with Gasteiger partial charge < -0.3 is 9.52 Å². The van der Waals surface area contributed by atoms with Crippen LogP contribution in [0.2, 0.25) is 10.0 Å². The maximum absolute atomic E-state index is 11.2. The fourth-order valence-electron chi connectivity index (χ4n) is 2.18. The van der Waals surface area contributed by atoms with Gasteiger partial charge in [0.2, 0.25) is 5.89 Å². The van der Waals surface area contributed by atoms with Crippen LogP contribution in [0.4, 0.5) is 0 Å². The molecule has 0 aliphatic heterocycles. The Labute approximate surface area is 142 Å². The Morgan fingerprint density at radius 2 is 1.96 bits per heavy atom. The Hall–Kier alpha value is -2.30. The third kappa shape index (κ3) is 3.38. The molecule has 0 radical (unpaired) electrons. The molecule has 0 aliphatic carbocycles. The highest BCUT2D eigenvalue weighted by atomic mass is 35.5. The quantitative estimate of drug-likeness (QED) is 0.708. The zero-order chi connectivity index (χ0) is 16.4. The summed E-state index contributed by atoms with van der Waals surface area (Å²) in [7, 11) is 0. The maximum Gasteiger partial charge on any atom is 0.308 e. The van der Waals surface area contributed by atoms with E-state index in [9.17, 15) is 4.79 Å². The molecule has 1 N–H and O–H groups in total. The lowest BCUT2D eigenvalue weighted by atomic mass is 10.1. The summed E-state index contributed by atoms with van der Waals surface area (Å²) in [6.07, 6.45) is 1.39. The lowest BCUT2D eigenvalue weighted by Crippen LogP contribution is -1.97. The van der Waals surface area contributed by atoms with E-state index >= 15 is 0 Å². The van der Waals surface area contributed by atoms with Crippen molar-refractivity contribution in [3.63, 3.8) is 0 Å². The van der Waals surface area contributed by atoms with E-state index in [1.165, 1.54) is 0 Å². The SMILES string of the molecule is O=C(O)C/C(=C\c1cccc(Cl)c1Cl)c1nc2ccccc2o1. The van der Waals surface area contributed by atoms with Crippen molar-refractivity contribution in [2.24, 2.45) is 0 Å². The van der Waals surface area contributed by atoms with Crippen molar-refractivity contribution in [3.05, 3.63) is 64.0 Å². The molecule has 0 fully saturated rings. The minimum absolute atomic E-state index is 0.240. The standard InChI is InChI=1S/C17H11Cl2NO3/c18-12-5-3-4-10(16(12)19)8-11(9-15(21)22)17-20-13-6-1-2-7-14(13)23-17/h1-8H,9H2,(H,21,22)/b11-8+. The third-order valence-corrected chi connectivity index (χ3v) is 4.05. The fourth-order valence-corrected chi connectivity index (χ4v) is 2.54. The van der Waals surface area contributed by atoms with Crippen LogP contribution in [-0.4, -0.2) is 16.1 Å². The molecule has 0 aliphatic rings. The van der Waals surface area contributed by atoms with Gasteiger partial charge in [-0.05, 0) is 29.8 Å². The molecule has 0 saturated heterocycles. The highest BCUT2D eigenvalue weighted by Crippen LogP contribution is 2.31. The molecule has 0 atom stereocenters. The summed E-state index contributed by atoms with van der Waals surface area (Å²) >= 11 is 12.2. The van der Waals surface area contributed by atoms with Crippen molar-refractivity contribution < 1.29 is 14.3 Å². The number of aromatic nitrogens is 1. The summed E-state index contributed by atoms with van der Waals surface area (Å²) in [5.74, 6) is -0.735. The second-order valence-corrected chi connectivity index (χ2v) is 5.66. The lowest BCUT2D eigenvalue weighted by Gasteiger charge is -2.04. The number of hydrogen-bond acceptors (Lipinski definition) is 3. The van der Waals surface area contributed by atoms with Crippen LogP contribution < -0.4 is 0 Å². The van der Waals surface area contributed by atoms with Gasteiger partial charge in [0.15, 0.2) is 5.58 Å². The van der Waals surface area contributed by atoms with Crippen LogP contribution in [0.5, 0.6) is 0 Å². The van der Waals surface area contributed by atoms with Crippen LogP contribution in [0.15, 0.2) is 46.9 Å². The lowest BCUT2D eigenvalue weighted by molar-refractivity contribution is -0.135. The number of para-hydroxylation sites is 2. The highest BCUT2D eigenvalue weighted by molar-refractivity contribution is 6.43. The molecule has 116 valence electrons. The molecule has 0 bridgehead atoms. The predicted octanol–water partition coefficient (Wildman–Crippen LogP) is 5.15. The first-order valence-electron chi connectivity index (χ1n) is 6.77. The van der Waals surface area contributed by atoms with Crippen LogP contribution in [0, 0.1) is 0 Å². The zero-order valence-corrected chi connectivity index (χ0v) is 13.3. The third-order valence-electron chi connectivity index (χ3n) is 3.22. The van der Waals surface area contributed by atoms with Gasteiger partial charge >= 0.3 is 5.97 Å². The van der Waals surface area contributed by atoms with E-state index in [0.29, 0.717) is 32.3 Å². The van der Waals surface area contributed by atoms with Gasteiger partial charge in [-0.1, -0.05) is 47.5 Å². The van der Waals surface area contributed by atoms with Crippen molar-refractivity contribution in [2.45, 2.75) is 6.42 Å². The largest absolute Gasteiger partial charge is 0.481 e. The predicted molar refractivity (Wildman–Crippen MR) is 90.6 cm³/mol. The number of nitrogens with zero attached hydrogens (tertiary/aromatic N) is 1. The van der Waals surface area contributed by atoms with Crippen molar-refractivity contribution >= 4 is 51.9 Å². The molecule has 1 aromatic heterocycles. The first kappa shape index (κ1) is 15.6. The fraction of sp³-hybridized carbons (Fsp3) is 0.0588. The number of carboxylic acids is 1. The molecule has 0 unspecified atom stereocenters. The summed E-state index contributed by atoms with van der Waals surface area (Å²) in [5, 5.41) is 9.90. The summed E-state index contributed by atoms with van der Waals surface area (Å²) < 4.78 is 5.65. The number of fused-ring (bicyclic) bond motifs is 1. The number of rotatable bonds is 4. The number of hydrogen-bond donors (Lipinski definition) is 1. The average molecular weight is 348 g/mol. The highest BCUT2D eigenvalue weighted by Gasteiger charge is 2.15. The molecule has 6 heteroatoms. The zero-order valence-electron chi connectivity index (χ0n) is 11.8. The van der Waals surface area contributed by atoms with E-state index in [1.54, 1.807) is 36.4 Å². The molecule has 3 aromatic rings. The molecular weight excluding hydrogens is 337 g/mol. The van der Waals surface area contributed by atoms with E-state index in [-0.39, 0.29) is 12.3 Å². The van der Waals surface area contributed by atoms with Gasteiger partial charge in [0.25, 0.3) is 0 Å². The summed E-state index contributed by atoms with van der Waals surface area (Å²) in [4.78, 5) is 15.5. The van der Waals surface area contributed by atoms with Gasteiger partial charge in [-0.2, -0.15) is 0 Å². The summed E-state index contributed by atoms with van der Waals surface area (Å²) in [5.41, 5.74) is 2.28. The molecule has 0 saturated carbocycles. The Morgan fingerprint density at radius 3 is 2.70 bits per heavy atom. The van der Waals surface area contributed by atoms with Gasteiger partial charge in [0.05, 0.1) is 16.5 Å². The van der Waals surface area contributed by atoms with E-state index in [4.69, 9.17) is 32.7 Å². The van der Waals surface area contributed by atoms with Gasteiger partial charge in [-0.3, -0.25) is 4.79 Å². The molecule has 1 heterocycles. The van der Waals surface area contributed by atoms with Gasteiger partial charge in [0, 0.05) is 5.57 Å². The van der Waals surface area contributed by atoms with Crippen molar-refractivity contribution in [2.75, 3.05) is 0 Å². The van der Waals surface area contributed by atoms with Gasteiger partial charge in [0.1, 0.15) is 5.52 Å². The molecule has 4 nitrogen and oxygen atoms in total. The van der Waals surface area contributed by atoms with Gasteiger partial charge in [-0.25, -0.2) is 4.98 Å². The first-order valence-corrected chi connectivity index (χ1v) is 7.52. The summed E-state index contributed by atoms with van der Waals surface area (Å²) in [6, 6.07) is 12.4. The Balaban J connectivity index is 2.12. The molecule has 0 spiro atoms. The monoisotopic (exact) mass is 347 g/mol. The average Bonchev–Trinajstić information content (AvgIpc) is 2.94. The van der Waals surface area contributed by atoms with Crippen molar-refractivity contribution in [1.29, 1.82) is 0 Å². The van der Waals surface area contributed by atoms with Crippen LogP contribution in [0.25, 0.3) is 22.7 Å². The normalized spacial score (nSPS) is 11.8. The molecule has 23 heavy (non-hydrogen) atoms. The number of carbonyl (C=O) groups is 1. The molecular formula is C17H11Cl2NO3. The Kier molecular flexibility index (Phi) is 4.37. The number of carboxylic acid groups (broad SMARTS) is 1. The van der Waals surface area contributed by atoms with Crippen molar-refractivity contribution in [1.82, 2.24) is 4.98 Å². The van der Waals surface area contributed by atoms with Crippen LogP contribution in [0.1, 0.15) is 17.9 Å². The second-order valence-electron chi connectivity index (χ2n) is 4.87. The second kappa shape index (κ2) is 6.44. The molecule has 3 rings (SSSR count). The van der Waals surface area contributed by atoms with E-state index in [0.717, 1.165) is 0 Å². The van der Waals surface area contributed by atoms with Crippen LogP contribution >= 0.6 is 23.2 Å². The topological polar surface area (TPSA) is 63.3 Å². The minimum Gasteiger partial charge on any atom is -0.481 e. The van der Waals surface area contributed by atoms with Crippen molar-refractivity contribution in [3.8, 4) is 0 Å². The van der Waals surface area contributed by atoms with E-state index in [2.05, 4.69) is 4.98 Å².